The van der Waals surface area contributed by atoms with Gasteiger partial charge in [-0.1, -0.05) is 0 Å². The van der Waals surface area contributed by atoms with Crippen LogP contribution in [0.5, 0.6) is 0 Å². The number of hydrogen-bond acceptors (Lipinski definition) is 3. The van der Waals surface area contributed by atoms with Gasteiger partial charge < -0.3 is 5.32 Å². The Labute approximate surface area is 104 Å². The Bertz CT molecular complexity index is 345. The standard InChI is InChI=1S/C13H24N4/c1-11(2)17-10-13(7-15-17)9-16-5-4-12(8-16)6-14-3/h7,10-12,14H,4-6,8-9H2,1-3H3. The van der Waals surface area contributed by atoms with Crippen LogP contribution in [0.15, 0.2) is 12.4 Å². The molecule has 1 aliphatic rings. The van der Waals surface area contributed by atoms with Crippen molar-refractivity contribution < 1.29 is 0 Å². The Morgan fingerprint density at radius 2 is 2.35 bits per heavy atom. The van der Waals surface area contributed by atoms with Crippen molar-refractivity contribution in [2.45, 2.75) is 32.9 Å². The first kappa shape index (κ1) is 12.6. The van der Waals surface area contributed by atoms with Gasteiger partial charge in [-0.3, -0.25) is 9.58 Å². The Kier molecular flexibility index (Phi) is 4.18. The number of aromatic nitrogens is 2. The van der Waals surface area contributed by atoms with Gasteiger partial charge in [0.15, 0.2) is 0 Å². The van der Waals surface area contributed by atoms with Crippen LogP contribution in [0.4, 0.5) is 0 Å². The molecule has 4 nitrogen and oxygen atoms in total. The van der Waals surface area contributed by atoms with E-state index in [4.69, 9.17) is 0 Å². The molecule has 1 N–H and O–H groups in total. The maximum Gasteiger partial charge on any atom is 0.0534 e. The molecule has 1 fully saturated rings. The predicted molar refractivity (Wildman–Crippen MR) is 69.9 cm³/mol. The van der Waals surface area contributed by atoms with Crippen LogP contribution in [-0.2, 0) is 6.54 Å². The zero-order valence-electron chi connectivity index (χ0n) is 11.2. The summed E-state index contributed by atoms with van der Waals surface area (Å²) in [5.41, 5.74) is 1.34. The average Bonchev–Trinajstić information content (AvgIpc) is 2.89. The van der Waals surface area contributed by atoms with E-state index >= 15 is 0 Å². The van der Waals surface area contributed by atoms with Gasteiger partial charge in [-0.15, -0.1) is 0 Å². The molecule has 0 amide bonds. The van der Waals surface area contributed by atoms with Gasteiger partial charge in [-0.2, -0.15) is 5.10 Å². The molecule has 1 unspecified atom stereocenters. The molecule has 0 saturated carbocycles. The summed E-state index contributed by atoms with van der Waals surface area (Å²) >= 11 is 0. The minimum atomic E-state index is 0.458. The molecule has 2 rings (SSSR count). The number of hydrogen-bond donors (Lipinski definition) is 1. The summed E-state index contributed by atoms with van der Waals surface area (Å²) in [6, 6.07) is 0.458. The lowest BCUT2D eigenvalue weighted by Gasteiger charge is -2.14. The Morgan fingerprint density at radius 3 is 3.00 bits per heavy atom. The summed E-state index contributed by atoms with van der Waals surface area (Å²) in [5.74, 6) is 0.820. The maximum atomic E-state index is 4.39. The lowest BCUT2D eigenvalue weighted by molar-refractivity contribution is 0.315. The van der Waals surface area contributed by atoms with Crippen LogP contribution < -0.4 is 5.32 Å². The third-order valence-corrected chi connectivity index (χ3v) is 3.45. The maximum absolute atomic E-state index is 4.39. The minimum Gasteiger partial charge on any atom is -0.319 e. The third kappa shape index (κ3) is 3.30. The molecule has 1 aliphatic heterocycles. The first-order chi connectivity index (χ1) is 8.19. The van der Waals surface area contributed by atoms with E-state index in [1.165, 1.54) is 25.1 Å². The van der Waals surface area contributed by atoms with Crippen LogP contribution in [-0.4, -0.2) is 41.4 Å². The fourth-order valence-electron chi connectivity index (χ4n) is 2.51. The van der Waals surface area contributed by atoms with E-state index in [0.717, 1.165) is 19.0 Å². The smallest absolute Gasteiger partial charge is 0.0534 e. The second-order valence-electron chi connectivity index (χ2n) is 5.37. The van der Waals surface area contributed by atoms with Crippen molar-refractivity contribution in [3.63, 3.8) is 0 Å². The number of likely N-dealkylation sites (tertiary alicyclic amines) is 1. The van der Waals surface area contributed by atoms with Gasteiger partial charge in [0.05, 0.1) is 6.20 Å². The molecule has 0 spiro atoms. The van der Waals surface area contributed by atoms with E-state index in [-0.39, 0.29) is 0 Å². The topological polar surface area (TPSA) is 33.1 Å². The third-order valence-electron chi connectivity index (χ3n) is 3.45. The highest BCUT2D eigenvalue weighted by Crippen LogP contribution is 2.18. The molecule has 0 aliphatic carbocycles. The van der Waals surface area contributed by atoms with Gasteiger partial charge in [-0.05, 0) is 46.3 Å². The van der Waals surface area contributed by atoms with Crippen LogP contribution in [0.2, 0.25) is 0 Å². The van der Waals surface area contributed by atoms with E-state index in [1.807, 2.05) is 17.9 Å². The summed E-state index contributed by atoms with van der Waals surface area (Å²) in [4.78, 5) is 2.53. The summed E-state index contributed by atoms with van der Waals surface area (Å²) in [7, 11) is 2.04. The number of rotatable bonds is 5. The minimum absolute atomic E-state index is 0.458. The number of nitrogens with zero attached hydrogens (tertiary/aromatic N) is 3. The highest BCUT2D eigenvalue weighted by Gasteiger charge is 2.21. The van der Waals surface area contributed by atoms with Crippen LogP contribution in [0.3, 0.4) is 0 Å². The summed E-state index contributed by atoms with van der Waals surface area (Å²) in [6.45, 7) is 8.95. The van der Waals surface area contributed by atoms with Gasteiger partial charge in [0.1, 0.15) is 0 Å². The normalized spacial score (nSPS) is 21.5. The molecule has 4 heteroatoms. The van der Waals surface area contributed by atoms with Gasteiger partial charge in [-0.25, -0.2) is 0 Å². The summed E-state index contributed by atoms with van der Waals surface area (Å²) in [6.07, 6.45) is 5.50. The molecular weight excluding hydrogens is 212 g/mol. The summed E-state index contributed by atoms with van der Waals surface area (Å²) < 4.78 is 2.04. The van der Waals surface area contributed by atoms with E-state index in [0.29, 0.717) is 6.04 Å². The molecule has 0 bridgehead atoms. The molecule has 0 aromatic carbocycles. The number of nitrogens with one attached hydrogen (secondary N) is 1. The van der Waals surface area contributed by atoms with Gasteiger partial charge in [0, 0.05) is 30.9 Å². The fraction of sp³-hybridized carbons (Fsp3) is 0.769. The zero-order valence-corrected chi connectivity index (χ0v) is 11.2. The quantitative estimate of drug-likeness (QED) is 0.841. The van der Waals surface area contributed by atoms with Gasteiger partial charge in [0.25, 0.3) is 0 Å². The van der Waals surface area contributed by atoms with Crippen LogP contribution in [0, 0.1) is 5.92 Å². The van der Waals surface area contributed by atoms with Crippen molar-refractivity contribution in [1.82, 2.24) is 20.0 Å². The van der Waals surface area contributed by atoms with Crippen molar-refractivity contribution in [2.24, 2.45) is 5.92 Å². The Hall–Kier alpha value is -0.870. The SMILES string of the molecule is CNCC1CCN(Cc2cnn(C(C)C)c2)C1. The second-order valence-corrected chi connectivity index (χ2v) is 5.37. The summed E-state index contributed by atoms with van der Waals surface area (Å²) in [5, 5.41) is 7.66. The van der Waals surface area contributed by atoms with E-state index < -0.39 is 0 Å². The van der Waals surface area contributed by atoms with Crippen molar-refractivity contribution >= 4 is 0 Å². The lowest BCUT2D eigenvalue weighted by Crippen LogP contribution is -2.24. The average molecular weight is 236 g/mol. The zero-order chi connectivity index (χ0) is 12.3. The molecule has 17 heavy (non-hydrogen) atoms. The van der Waals surface area contributed by atoms with Crippen molar-refractivity contribution in [3.05, 3.63) is 18.0 Å². The van der Waals surface area contributed by atoms with Crippen LogP contribution in [0.1, 0.15) is 31.9 Å². The molecule has 2 heterocycles. The molecule has 0 radical (unpaired) electrons. The van der Waals surface area contributed by atoms with Crippen molar-refractivity contribution in [1.29, 1.82) is 0 Å². The molecule has 1 aromatic heterocycles. The predicted octanol–water partition coefficient (Wildman–Crippen LogP) is 1.51. The fourth-order valence-corrected chi connectivity index (χ4v) is 2.51. The Balaban J connectivity index is 1.85. The van der Waals surface area contributed by atoms with Crippen molar-refractivity contribution in [3.8, 4) is 0 Å². The first-order valence-electron chi connectivity index (χ1n) is 6.59. The van der Waals surface area contributed by atoms with Crippen molar-refractivity contribution in [2.75, 3.05) is 26.7 Å². The van der Waals surface area contributed by atoms with E-state index in [2.05, 4.69) is 35.4 Å². The molecular formula is C13H24N4. The van der Waals surface area contributed by atoms with Crippen LogP contribution in [0.25, 0.3) is 0 Å². The highest BCUT2D eigenvalue weighted by molar-refractivity contribution is 5.04. The van der Waals surface area contributed by atoms with E-state index in [9.17, 15) is 0 Å². The van der Waals surface area contributed by atoms with Crippen LogP contribution >= 0.6 is 0 Å². The molecule has 1 aromatic rings. The highest BCUT2D eigenvalue weighted by atomic mass is 15.3. The monoisotopic (exact) mass is 236 g/mol. The molecule has 1 atom stereocenters. The van der Waals surface area contributed by atoms with Gasteiger partial charge in [0.2, 0.25) is 0 Å². The molecule has 1 saturated heterocycles. The Morgan fingerprint density at radius 1 is 1.53 bits per heavy atom. The second kappa shape index (κ2) is 5.65. The first-order valence-corrected chi connectivity index (χ1v) is 6.59. The molecule has 96 valence electrons. The van der Waals surface area contributed by atoms with E-state index in [1.54, 1.807) is 0 Å². The van der Waals surface area contributed by atoms with Gasteiger partial charge >= 0.3 is 0 Å². The lowest BCUT2D eigenvalue weighted by atomic mass is 10.1. The largest absolute Gasteiger partial charge is 0.319 e.